The smallest absolute Gasteiger partial charge is 0.230 e. The second-order valence-electron chi connectivity index (χ2n) is 5.88. The van der Waals surface area contributed by atoms with Crippen molar-refractivity contribution < 1.29 is 9.59 Å². The van der Waals surface area contributed by atoms with Gasteiger partial charge in [0.1, 0.15) is 0 Å². The molecular weight excluding hydrogens is 230 g/mol. The van der Waals surface area contributed by atoms with Crippen molar-refractivity contribution in [3.8, 4) is 0 Å². The van der Waals surface area contributed by atoms with Crippen molar-refractivity contribution in [2.24, 2.45) is 23.0 Å². The van der Waals surface area contributed by atoms with Gasteiger partial charge in [-0.3, -0.25) is 9.59 Å². The molecule has 0 bridgehead atoms. The van der Waals surface area contributed by atoms with Crippen LogP contribution in [-0.4, -0.2) is 42.9 Å². The van der Waals surface area contributed by atoms with Gasteiger partial charge in [0.25, 0.3) is 0 Å². The minimum Gasteiger partial charge on any atom is -0.369 e. The summed E-state index contributed by atoms with van der Waals surface area (Å²) in [5.74, 6) is 0.0693. The number of carbonyl (C=O) groups is 2. The quantitative estimate of drug-likeness (QED) is 0.741. The number of hydrogen-bond acceptors (Lipinski definition) is 3. The van der Waals surface area contributed by atoms with Gasteiger partial charge in [0.2, 0.25) is 11.8 Å². The molecule has 2 saturated heterocycles. The Morgan fingerprint density at radius 3 is 2.61 bits per heavy atom. The van der Waals surface area contributed by atoms with E-state index in [2.05, 4.69) is 19.2 Å². The number of amides is 2. The molecule has 2 atom stereocenters. The first-order chi connectivity index (χ1) is 8.47. The van der Waals surface area contributed by atoms with Crippen LogP contribution in [0.4, 0.5) is 0 Å². The number of nitrogens with zero attached hydrogens (tertiary/aromatic N) is 1. The van der Waals surface area contributed by atoms with Gasteiger partial charge in [-0.15, -0.1) is 0 Å². The lowest BCUT2D eigenvalue weighted by Crippen LogP contribution is -2.47. The van der Waals surface area contributed by atoms with E-state index in [1.807, 2.05) is 4.90 Å². The molecule has 0 spiro atoms. The van der Waals surface area contributed by atoms with Crippen LogP contribution in [0.25, 0.3) is 0 Å². The van der Waals surface area contributed by atoms with E-state index >= 15 is 0 Å². The lowest BCUT2D eigenvalue weighted by molar-refractivity contribution is -0.142. The van der Waals surface area contributed by atoms with E-state index < -0.39 is 0 Å². The van der Waals surface area contributed by atoms with Crippen LogP contribution in [0.3, 0.4) is 0 Å². The van der Waals surface area contributed by atoms with Gasteiger partial charge in [-0.25, -0.2) is 0 Å². The molecule has 5 heteroatoms. The average molecular weight is 253 g/mol. The summed E-state index contributed by atoms with van der Waals surface area (Å²) < 4.78 is 0. The summed E-state index contributed by atoms with van der Waals surface area (Å²) in [4.78, 5) is 25.7. The summed E-state index contributed by atoms with van der Waals surface area (Å²) in [6.45, 7) is 7.03. The number of nitrogens with two attached hydrogens (primary N) is 1. The molecule has 3 N–H and O–H groups in total. The Bertz CT molecular complexity index is 348. The highest BCUT2D eigenvalue weighted by Crippen LogP contribution is 2.37. The first-order valence-electron chi connectivity index (χ1n) is 6.77. The topological polar surface area (TPSA) is 75.4 Å². The van der Waals surface area contributed by atoms with Crippen molar-refractivity contribution in [1.29, 1.82) is 0 Å². The highest BCUT2D eigenvalue weighted by Gasteiger charge is 2.47. The lowest BCUT2D eigenvalue weighted by Gasteiger charge is -2.35. The lowest BCUT2D eigenvalue weighted by atomic mass is 9.75. The fourth-order valence-electron chi connectivity index (χ4n) is 3.13. The van der Waals surface area contributed by atoms with Crippen LogP contribution in [0, 0.1) is 17.3 Å². The van der Waals surface area contributed by atoms with Gasteiger partial charge in [-0.05, 0) is 25.3 Å². The first kappa shape index (κ1) is 13.3. The molecule has 2 aliphatic rings. The minimum atomic E-state index is -0.285. The van der Waals surface area contributed by atoms with Crippen LogP contribution in [0.5, 0.6) is 0 Å². The Balaban J connectivity index is 2.09. The molecule has 2 aliphatic heterocycles. The third kappa shape index (κ3) is 2.11. The molecule has 2 fully saturated rings. The molecule has 0 radical (unpaired) electrons. The van der Waals surface area contributed by atoms with E-state index in [1.165, 1.54) is 0 Å². The van der Waals surface area contributed by atoms with E-state index in [-0.39, 0.29) is 23.1 Å². The van der Waals surface area contributed by atoms with Gasteiger partial charge in [-0.1, -0.05) is 13.8 Å². The monoisotopic (exact) mass is 253 g/mol. The normalized spacial score (nSPS) is 32.2. The maximum absolute atomic E-state index is 12.7. The van der Waals surface area contributed by atoms with Crippen molar-refractivity contribution in [3.05, 3.63) is 0 Å². The highest BCUT2D eigenvalue weighted by atomic mass is 16.2. The summed E-state index contributed by atoms with van der Waals surface area (Å²) in [7, 11) is 0. The van der Waals surface area contributed by atoms with Crippen LogP contribution in [0.15, 0.2) is 0 Å². The van der Waals surface area contributed by atoms with Crippen molar-refractivity contribution >= 4 is 11.8 Å². The Morgan fingerprint density at radius 2 is 2.17 bits per heavy atom. The number of likely N-dealkylation sites (tertiary alicyclic amines) is 1. The highest BCUT2D eigenvalue weighted by molar-refractivity contribution is 5.85. The van der Waals surface area contributed by atoms with Crippen LogP contribution >= 0.6 is 0 Å². The average Bonchev–Trinajstić information content (AvgIpc) is 2.98. The molecule has 0 aliphatic carbocycles. The predicted molar refractivity (Wildman–Crippen MR) is 68.6 cm³/mol. The molecule has 0 aromatic carbocycles. The molecule has 2 rings (SSSR count). The Kier molecular flexibility index (Phi) is 3.61. The van der Waals surface area contributed by atoms with E-state index in [4.69, 9.17) is 5.73 Å². The van der Waals surface area contributed by atoms with E-state index in [1.54, 1.807) is 0 Å². The molecule has 2 heterocycles. The van der Waals surface area contributed by atoms with Gasteiger partial charge >= 0.3 is 0 Å². The molecular formula is C13H23N3O2. The van der Waals surface area contributed by atoms with E-state index in [0.29, 0.717) is 25.4 Å². The molecule has 2 amide bonds. The number of carbonyl (C=O) groups excluding carboxylic acids is 2. The summed E-state index contributed by atoms with van der Waals surface area (Å²) in [6, 6.07) is 0. The molecule has 18 heavy (non-hydrogen) atoms. The predicted octanol–water partition coefficient (Wildman–Crippen LogP) is -0.0441. The van der Waals surface area contributed by atoms with Crippen LogP contribution in [-0.2, 0) is 9.59 Å². The van der Waals surface area contributed by atoms with Crippen LogP contribution in [0.1, 0.15) is 26.7 Å². The van der Waals surface area contributed by atoms with Crippen LogP contribution < -0.4 is 11.1 Å². The molecule has 5 nitrogen and oxygen atoms in total. The van der Waals surface area contributed by atoms with Gasteiger partial charge < -0.3 is 16.0 Å². The largest absolute Gasteiger partial charge is 0.369 e. The molecule has 0 aromatic heterocycles. The van der Waals surface area contributed by atoms with Crippen LogP contribution in [0.2, 0.25) is 0 Å². The fraction of sp³-hybridized carbons (Fsp3) is 0.846. The zero-order valence-corrected chi connectivity index (χ0v) is 11.2. The van der Waals surface area contributed by atoms with Crippen molar-refractivity contribution in [3.63, 3.8) is 0 Å². The van der Waals surface area contributed by atoms with Gasteiger partial charge in [0.05, 0.1) is 11.3 Å². The third-order valence-electron chi connectivity index (χ3n) is 4.60. The maximum atomic E-state index is 12.7. The zero-order valence-electron chi connectivity index (χ0n) is 11.2. The van der Waals surface area contributed by atoms with E-state index in [0.717, 1.165) is 19.5 Å². The summed E-state index contributed by atoms with van der Waals surface area (Å²) in [5, 5.41) is 3.29. The number of hydrogen-bond donors (Lipinski definition) is 2. The molecule has 0 saturated carbocycles. The number of nitrogens with one attached hydrogen (secondary N) is 1. The summed E-state index contributed by atoms with van der Waals surface area (Å²) in [6.07, 6.45) is 1.60. The SMILES string of the molecule is CC(C)C1(C(=O)N2CCC(C(N)=O)C2)CCNC1. The first-order valence-corrected chi connectivity index (χ1v) is 6.77. The summed E-state index contributed by atoms with van der Waals surface area (Å²) >= 11 is 0. The second kappa shape index (κ2) is 4.88. The zero-order chi connectivity index (χ0) is 13.3. The van der Waals surface area contributed by atoms with Gasteiger partial charge in [0, 0.05) is 19.6 Å². The van der Waals surface area contributed by atoms with E-state index in [9.17, 15) is 9.59 Å². The summed E-state index contributed by atoms with van der Waals surface area (Å²) in [5.41, 5.74) is 5.03. The standard InChI is InChI=1S/C13H23N3O2/c1-9(2)13(4-5-15-8-13)12(18)16-6-3-10(7-16)11(14)17/h9-10,15H,3-8H2,1-2H3,(H2,14,17). The Morgan fingerprint density at radius 1 is 1.44 bits per heavy atom. The second-order valence-corrected chi connectivity index (χ2v) is 5.88. The Hall–Kier alpha value is -1.10. The third-order valence-corrected chi connectivity index (χ3v) is 4.60. The Labute approximate surface area is 108 Å². The molecule has 2 unspecified atom stereocenters. The van der Waals surface area contributed by atoms with Crippen molar-refractivity contribution in [1.82, 2.24) is 10.2 Å². The van der Waals surface area contributed by atoms with Gasteiger partial charge in [-0.2, -0.15) is 0 Å². The minimum absolute atomic E-state index is 0.160. The number of primary amides is 1. The van der Waals surface area contributed by atoms with Crippen molar-refractivity contribution in [2.75, 3.05) is 26.2 Å². The van der Waals surface area contributed by atoms with Crippen molar-refractivity contribution in [2.45, 2.75) is 26.7 Å². The molecule has 102 valence electrons. The molecule has 0 aromatic rings. The van der Waals surface area contributed by atoms with Gasteiger partial charge in [0.15, 0.2) is 0 Å². The fourth-order valence-corrected chi connectivity index (χ4v) is 3.13. The number of rotatable bonds is 3. The maximum Gasteiger partial charge on any atom is 0.230 e.